The summed E-state index contributed by atoms with van der Waals surface area (Å²) in [4.78, 5) is 59.4. The third kappa shape index (κ3) is 9.69. The Kier molecular flexibility index (Phi) is 11.0. The molecule has 1 aromatic rings. The van der Waals surface area contributed by atoms with Gasteiger partial charge in [-0.15, -0.1) is 0 Å². The number of rotatable bonds is 11. The second-order valence-corrected chi connectivity index (χ2v) is 7.09. The molecule has 11 heteroatoms. The van der Waals surface area contributed by atoms with Gasteiger partial charge in [-0.3, -0.25) is 0 Å². The molecule has 0 aliphatic heterocycles. The fraction of sp³-hybridized carbons (Fsp3) is 0.500. The van der Waals surface area contributed by atoms with Gasteiger partial charge >= 0.3 is 29.8 Å². The maximum absolute atomic E-state index is 12.1. The second kappa shape index (κ2) is 13.2. The van der Waals surface area contributed by atoms with E-state index in [0.29, 0.717) is 0 Å². The van der Waals surface area contributed by atoms with E-state index < -0.39 is 60.4 Å². The van der Waals surface area contributed by atoms with E-state index in [1.165, 1.54) is 27.7 Å². The summed E-state index contributed by atoms with van der Waals surface area (Å²) in [5.74, 6) is -4.96. The Labute approximate surface area is 190 Å². The smallest absolute Gasteiger partial charge is 0.347 e. The molecule has 0 spiro atoms. The molecule has 0 radical (unpaired) electrons. The minimum absolute atomic E-state index is 0.0000632. The molecule has 0 heterocycles. The molecule has 0 bridgehead atoms. The van der Waals surface area contributed by atoms with Crippen molar-refractivity contribution in [1.29, 1.82) is 0 Å². The number of ether oxygens (including phenoxy) is 5. The molecule has 182 valence electrons. The first-order chi connectivity index (χ1) is 15.4. The first kappa shape index (κ1) is 27.6. The van der Waals surface area contributed by atoms with Crippen LogP contribution in [0.3, 0.4) is 0 Å². The summed E-state index contributed by atoms with van der Waals surface area (Å²) in [5.41, 5.74) is 0.755. The maximum atomic E-state index is 12.1. The molecular formula is C22H28O11. The van der Waals surface area contributed by atoms with Crippen LogP contribution in [0.25, 0.3) is 0 Å². The molecule has 0 aliphatic carbocycles. The van der Waals surface area contributed by atoms with E-state index in [0.717, 1.165) is 12.5 Å². The van der Waals surface area contributed by atoms with Crippen LogP contribution in [0.2, 0.25) is 0 Å². The highest BCUT2D eigenvalue weighted by molar-refractivity contribution is 5.86. The van der Waals surface area contributed by atoms with Gasteiger partial charge < -0.3 is 28.8 Å². The van der Waals surface area contributed by atoms with Crippen molar-refractivity contribution in [2.75, 3.05) is 0 Å². The average molecular weight is 468 g/mol. The van der Waals surface area contributed by atoms with Crippen LogP contribution < -0.4 is 0 Å². The molecule has 0 aliphatic rings. The standard InChI is InChI=1S/C22H28O11/c1-12(23)18(24)30-14(3)20(26)32-16(5)22(28)33-15(4)21(27)31-13(2)19(25)29-11-17-9-7-6-8-10-17/h6-10,12-16,23H,11H2,1-5H3/t12-,13+,14+,15+,16+/m0/s1. The summed E-state index contributed by atoms with van der Waals surface area (Å²) < 4.78 is 24.4. The lowest BCUT2D eigenvalue weighted by Gasteiger charge is -2.19. The zero-order valence-electron chi connectivity index (χ0n) is 19.0. The number of hydrogen-bond donors (Lipinski definition) is 1. The lowest BCUT2D eigenvalue weighted by molar-refractivity contribution is -0.185. The highest BCUT2D eigenvalue weighted by atomic mass is 16.6. The summed E-state index contributed by atoms with van der Waals surface area (Å²) in [5, 5.41) is 9.08. The number of benzene rings is 1. The molecule has 1 rings (SSSR count). The van der Waals surface area contributed by atoms with Crippen molar-refractivity contribution in [2.24, 2.45) is 0 Å². The largest absolute Gasteiger partial charge is 0.458 e. The van der Waals surface area contributed by atoms with Gasteiger partial charge in [0.15, 0.2) is 24.4 Å². The topological polar surface area (TPSA) is 152 Å². The van der Waals surface area contributed by atoms with E-state index in [4.69, 9.17) is 24.1 Å². The Morgan fingerprint density at radius 2 is 1.00 bits per heavy atom. The van der Waals surface area contributed by atoms with Crippen molar-refractivity contribution in [3.63, 3.8) is 0 Å². The minimum atomic E-state index is -1.44. The van der Waals surface area contributed by atoms with Crippen molar-refractivity contribution in [3.8, 4) is 0 Å². The molecule has 0 unspecified atom stereocenters. The fourth-order valence-electron chi connectivity index (χ4n) is 2.12. The predicted molar refractivity (Wildman–Crippen MR) is 110 cm³/mol. The third-order valence-electron chi connectivity index (χ3n) is 4.06. The van der Waals surface area contributed by atoms with Gasteiger partial charge in [0.2, 0.25) is 0 Å². The van der Waals surface area contributed by atoms with Gasteiger partial charge in [-0.1, -0.05) is 30.3 Å². The SMILES string of the molecule is C[C@H](O)C(=O)O[C@H](C)C(=O)O[C@H](C)C(=O)O[C@H](C)C(=O)O[C@H](C)C(=O)OCc1ccccc1. The summed E-state index contributed by atoms with van der Waals surface area (Å²) >= 11 is 0. The highest BCUT2D eigenvalue weighted by Crippen LogP contribution is 2.08. The fourth-order valence-corrected chi connectivity index (χ4v) is 2.12. The first-order valence-electron chi connectivity index (χ1n) is 10.1. The summed E-state index contributed by atoms with van der Waals surface area (Å²) in [6.07, 6.45) is -6.91. The van der Waals surface area contributed by atoms with Crippen LogP contribution in [0.5, 0.6) is 0 Å². The van der Waals surface area contributed by atoms with Crippen molar-refractivity contribution >= 4 is 29.8 Å². The van der Waals surface area contributed by atoms with Gasteiger partial charge in [0, 0.05) is 0 Å². The van der Waals surface area contributed by atoms with Crippen LogP contribution >= 0.6 is 0 Å². The van der Waals surface area contributed by atoms with Crippen LogP contribution in [-0.4, -0.2) is 65.5 Å². The van der Waals surface area contributed by atoms with Gasteiger partial charge in [-0.05, 0) is 40.2 Å². The van der Waals surface area contributed by atoms with E-state index in [1.54, 1.807) is 24.3 Å². The quantitative estimate of drug-likeness (QED) is 0.363. The molecule has 1 aromatic carbocycles. The second-order valence-electron chi connectivity index (χ2n) is 7.09. The molecular weight excluding hydrogens is 440 g/mol. The molecule has 5 atom stereocenters. The lowest BCUT2D eigenvalue weighted by atomic mass is 10.2. The molecule has 33 heavy (non-hydrogen) atoms. The molecule has 0 saturated carbocycles. The van der Waals surface area contributed by atoms with E-state index in [2.05, 4.69) is 4.74 Å². The van der Waals surface area contributed by atoms with E-state index in [-0.39, 0.29) is 6.61 Å². The van der Waals surface area contributed by atoms with Gasteiger partial charge in [0.25, 0.3) is 0 Å². The van der Waals surface area contributed by atoms with Crippen molar-refractivity contribution in [1.82, 2.24) is 0 Å². The highest BCUT2D eigenvalue weighted by Gasteiger charge is 2.30. The van der Waals surface area contributed by atoms with Crippen molar-refractivity contribution < 1.29 is 52.8 Å². The van der Waals surface area contributed by atoms with Gasteiger partial charge in [0.05, 0.1) is 0 Å². The molecule has 0 saturated heterocycles. The summed E-state index contributed by atoms with van der Waals surface area (Å²) in [6, 6.07) is 8.90. The molecule has 11 nitrogen and oxygen atoms in total. The van der Waals surface area contributed by atoms with Crippen LogP contribution in [0.15, 0.2) is 30.3 Å². The Hall–Kier alpha value is -3.47. The number of esters is 5. The predicted octanol–water partition coefficient (Wildman–Crippen LogP) is 0.837. The number of aliphatic hydroxyl groups is 1. The number of hydrogen-bond acceptors (Lipinski definition) is 11. The maximum Gasteiger partial charge on any atom is 0.347 e. The first-order valence-corrected chi connectivity index (χ1v) is 10.1. The number of aliphatic hydroxyl groups excluding tert-OH is 1. The average Bonchev–Trinajstić information content (AvgIpc) is 2.77. The Morgan fingerprint density at radius 3 is 1.39 bits per heavy atom. The van der Waals surface area contributed by atoms with Gasteiger partial charge in [0.1, 0.15) is 12.7 Å². The Balaban J connectivity index is 2.46. The molecule has 0 amide bonds. The number of carbonyl (C=O) groups is 5. The molecule has 0 fully saturated rings. The normalized spacial score (nSPS) is 15.1. The Bertz CT molecular complexity index is 834. The van der Waals surface area contributed by atoms with Crippen molar-refractivity contribution in [2.45, 2.75) is 71.7 Å². The van der Waals surface area contributed by atoms with E-state index in [9.17, 15) is 24.0 Å². The van der Waals surface area contributed by atoms with E-state index >= 15 is 0 Å². The summed E-state index contributed by atoms with van der Waals surface area (Å²) in [6.45, 7) is 6.05. The zero-order valence-corrected chi connectivity index (χ0v) is 19.0. The third-order valence-corrected chi connectivity index (χ3v) is 4.06. The Morgan fingerprint density at radius 1 is 0.636 bits per heavy atom. The van der Waals surface area contributed by atoms with Crippen LogP contribution in [-0.2, 0) is 54.3 Å². The molecule has 1 N–H and O–H groups in total. The van der Waals surface area contributed by atoms with Gasteiger partial charge in [-0.25, -0.2) is 24.0 Å². The monoisotopic (exact) mass is 468 g/mol. The van der Waals surface area contributed by atoms with Gasteiger partial charge in [-0.2, -0.15) is 0 Å². The lowest BCUT2D eigenvalue weighted by Crippen LogP contribution is -2.38. The number of carbonyl (C=O) groups excluding carboxylic acids is 5. The van der Waals surface area contributed by atoms with Crippen LogP contribution in [0.4, 0.5) is 0 Å². The van der Waals surface area contributed by atoms with Crippen molar-refractivity contribution in [3.05, 3.63) is 35.9 Å². The molecule has 0 aromatic heterocycles. The zero-order chi connectivity index (χ0) is 25.1. The van der Waals surface area contributed by atoms with E-state index in [1.807, 2.05) is 6.07 Å². The van der Waals surface area contributed by atoms with Crippen LogP contribution in [0, 0.1) is 0 Å². The summed E-state index contributed by atoms with van der Waals surface area (Å²) in [7, 11) is 0. The minimum Gasteiger partial charge on any atom is -0.458 e. The van der Waals surface area contributed by atoms with Crippen LogP contribution in [0.1, 0.15) is 40.2 Å².